The van der Waals surface area contributed by atoms with Crippen LogP contribution >= 0.6 is 0 Å². The lowest BCUT2D eigenvalue weighted by molar-refractivity contribution is -0.384. The van der Waals surface area contributed by atoms with Crippen LogP contribution in [-0.2, 0) is 11.0 Å². The van der Waals surface area contributed by atoms with Crippen molar-refractivity contribution in [3.05, 3.63) is 63.2 Å². The molecule has 0 aliphatic carbocycles. The first-order valence-electron chi connectivity index (χ1n) is 8.37. The summed E-state index contributed by atoms with van der Waals surface area (Å²) in [5, 5.41) is 22.8. The van der Waals surface area contributed by atoms with Crippen molar-refractivity contribution in [3.8, 4) is 17.6 Å². The minimum absolute atomic E-state index is 0.0341. The molecule has 0 aromatic heterocycles. The molecule has 0 spiro atoms. The summed E-state index contributed by atoms with van der Waals surface area (Å²) in [4.78, 5) is 23.0. The Labute approximate surface area is 167 Å². The zero-order valence-electron chi connectivity index (χ0n) is 15.0. The number of alkyl halides is 3. The molecule has 11 heteroatoms. The molecule has 0 saturated heterocycles. The summed E-state index contributed by atoms with van der Waals surface area (Å²) < 4.78 is 49.1. The number of benzene rings is 2. The van der Waals surface area contributed by atoms with Gasteiger partial charge in [-0.1, -0.05) is 12.1 Å². The van der Waals surface area contributed by atoms with E-state index in [-0.39, 0.29) is 36.0 Å². The molecular weight excluding hydrogens is 407 g/mol. The second-order valence-corrected chi connectivity index (χ2v) is 6.02. The van der Waals surface area contributed by atoms with Gasteiger partial charge in [0.2, 0.25) is 0 Å². The second-order valence-electron chi connectivity index (χ2n) is 6.02. The van der Waals surface area contributed by atoms with Crippen LogP contribution in [0.2, 0.25) is 0 Å². The second kappa shape index (κ2) is 8.12. The number of halogens is 3. The number of anilines is 1. The molecule has 0 saturated carbocycles. The fraction of sp³-hybridized carbons (Fsp3) is 0.158. The van der Waals surface area contributed by atoms with Gasteiger partial charge in [-0.2, -0.15) is 18.4 Å². The van der Waals surface area contributed by atoms with Crippen molar-refractivity contribution >= 4 is 23.4 Å². The van der Waals surface area contributed by atoms with Crippen LogP contribution in [0.3, 0.4) is 0 Å². The van der Waals surface area contributed by atoms with Gasteiger partial charge in [0.1, 0.15) is 30.5 Å². The van der Waals surface area contributed by atoms with E-state index in [0.29, 0.717) is 0 Å². The molecule has 8 nitrogen and oxygen atoms in total. The summed E-state index contributed by atoms with van der Waals surface area (Å²) in [5.74, 6) is -0.733. The van der Waals surface area contributed by atoms with Crippen LogP contribution in [0.15, 0.2) is 42.0 Å². The number of rotatable bonds is 4. The Morgan fingerprint density at radius 3 is 2.47 bits per heavy atom. The summed E-state index contributed by atoms with van der Waals surface area (Å²) in [7, 11) is 0. The molecule has 2 aromatic carbocycles. The third kappa shape index (κ3) is 4.49. The van der Waals surface area contributed by atoms with Crippen molar-refractivity contribution in [1.29, 1.82) is 5.26 Å². The van der Waals surface area contributed by atoms with Crippen LogP contribution in [0.4, 0.5) is 24.5 Å². The van der Waals surface area contributed by atoms with E-state index in [2.05, 4.69) is 5.32 Å². The van der Waals surface area contributed by atoms with Crippen LogP contribution in [0.5, 0.6) is 11.5 Å². The van der Waals surface area contributed by atoms with Gasteiger partial charge in [0, 0.05) is 6.07 Å². The standard InChI is InChI=1S/C19H12F3N3O5/c20-19(21,22)13-3-1-2-11(7-13)6-12(10-23)18(26)24-14-8-16-17(30-5-4-29-16)9-15(14)25(27)28/h1-3,6-9H,4-5H2,(H,24,26)/b12-6+. The van der Waals surface area contributed by atoms with Gasteiger partial charge in [0.25, 0.3) is 11.6 Å². The minimum atomic E-state index is -4.59. The molecule has 0 bridgehead atoms. The summed E-state index contributed by atoms with van der Waals surface area (Å²) in [5.41, 5.74) is -2.27. The van der Waals surface area contributed by atoms with Gasteiger partial charge < -0.3 is 14.8 Å². The highest BCUT2D eigenvalue weighted by Gasteiger charge is 2.30. The van der Waals surface area contributed by atoms with Gasteiger partial charge in [-0.05, 0) is 23.8 Å². The van der Waals surface area contributed by atoms with E-state index in [4.69, 9.17) is 9.47 Å². The lowest BCUT2D eigenvalue weighted by Gasteiger charge is -2.19. The number of carbonyl (C=O) groups excluding carboxylic acids is 1. The lowest BCUT2D eigenvalue weighted by Crippen LogP contribution is -2.18. The predicted molar refractivity (Wildman–Crippen MR) is 97.8 cm³/mol. The number of hydrogen-bond donors (Lipinski definition) is 1. The number of nitriles is 1. The van der Waals surface area contributed by atoms with Crippen molar-refractivity contribution in [2.75, 3.05) is 18.5 Å². The molecule has 1 heterocycles. The predicted octanol–water partition coefficient (Wildman–Crippen LogP) is 3.93. The maximum atomic E-state index is 12.8. The zero-order chi connectivity index (χ0) is 21.9. The minimum Gasteiger partial charge on any atom is -0.486 e. The Kier molecular flexibility index (Phi) is 5.59. The largest absolute Gasteiger partial charge is 0.486 e. The molecule has 1 aliphatic rings. The van der Waals surface area contributed by atoms with Crippen molar-refractivity contribution < 1.29 is 32.4 Å². The molecule has 1 amide bonds. The number of nitro groups is 1. The van der Waals surface area contributed by atoms with Crippen molar-refractivity contribution in [1.82, 2.24) is 0 Å². The van der Waals surface area contributed by atoms with E-state index in [1.807, 2.05) is 0 Å². The summed E-state index contributed by atoms with van der Waals surface area (Å²) >= 11 is 0. The van der Waals surface area contributed by atoms with Gasteiger partial charge >= 0.3 is 6.18 Å². The Hall–Kier alpha value is -4.07. The number of nitrogens with zero attached hydrogens (tertiary/aromatic N) is 2. The molecule has 3 rings (SSSR count). The summed E-state index contributed by atoms with van der Waals surface area (Å²) in [6.07, 6.45) is -3.64. The number of nitro benzene ring substituents is 1. The number of hydrogen-bond acceptors (Lipinski definition) is 6. The first-order valence-corrected chi connectivity index (χ1v) is 8.37. The van der Waals surface area contributed by atoms with Gasteiger partial charge in [-0.25, -0.2) is 0 Å². The molecule has 0 radical (unpaired) electrons. The van der Waals surface area contributed by atoms with E-state index in [1.54, 1.807) is 6.07 Å². The molecule has 30 heavy (non-hydrogen) atoms. The van der Waals surface area contributed by atoms with Crippen LogP contribution in [0.25, 0.3) is 6.08 Å². The van der Waals surface area contributed by atoms with Crippen LogP contribution < -0.4 is 14.8 Å². The Morgan fingerprint density at radius 1 is 1.20 bits per heavy atom. The van der Waals surface area contributed by atoms with Gasteiger partial charge in [-0.3, -0.25) is 14.9 Å². The summed E-state index contributed by atoms with van der Waals surface area (Å²) in [6.45, 7) is 0.408. The molecule has 154 valence electrons. The number of ether oxygens (including phenoxy) is 2. The van der Waals surface area contributed by atoms with E-state index in [0.717, 1.165) is 30.3 Å². The molecule has 1 aliphatic heterocycles. The topological polar surface area (TPSA) is 114 Å². The molecule has 2 aromatic rings. The number of amides is 1. The zero-order valence-corrected chi connectivity index (χ0v) is 15.0. The number of fused-ring (bicyclic) bond motifs is 1. The molecular formula is C19H12F3N3O5. The number of nitrogens with one attached hydrogen (secondary N) is 1. The lowest BCUT2D eigenvalue weighted by atomic mass is 10.1. The average Bonchev–Trinajstić information content (AvgIpc) is 2.70. The highest BCUT2D eigenvalue weighted by molar-refractivity contribution is 6.10. The third-order valence-corrected chi connectivity index (χ3v) is 4.00. The van der Waals surface area contributed by atoms with E-state index in [1.165, 1.54) is 12.1 Å². The third-order valence-electron chi connectivity index (χ3n) is 4.00. The SMILES string of the molecule is N#C/C(=C\c1cccc(C(F)(F)F)c1)C(=O)Nc1cc2c(cc1[N+](=O)[O-])OCCO2. The van der Waals surface area contributed by atoms with Gasteiger partial charge in [0.05, 0.1) is 16.6 Å². The first-order chi connectivity index (χ1) is 14.2. The van der Waals surface area contributed by atoms with E-state index < -0.39 is 33.8 Å². The molecule has 0 atom stereocenters. The monoisotopic (exact) mass is 419 g/mol. The molecule has 0 unspecified atom stereocenters. The van der Waals surface area contributed by atoms with Gasteiger partial charge in [0.15, 0.2) is 11.5 Å². The maximum Gasteiger partial charge on any atom is 0.416 e. The Balaban J connectivity index is 1.92. The van der Waals surface area contributed by atoms with E-state index in [9.17, 15) is 33.3 Å². The highest BCUT2D eigenvalue weighted by Crippen LogP contribution is 2.39. The fourth-order valence-electron chi connectivity index (χ4n) is 2.64. The smallest absolute Gasteiger partial charge is 0.416 e. The van der Waals surface area contributed by atoms with Crippen LogP contribution in [0, 0.1) is 21.4 Å². The van der Waals surface area contributed by atoms with Crippen molar-refractivity contribution in [2.45, 2.75) is 6.18 Å². The van der Waals surface area contributed by atoms with Crippen molar-refractivity contribution in [2.24, 2.45) is 0 Å². The quantitative estimate of drug-likeness (QED) is 0.348. The maximum absolute atomic E-state index is 12.8. The number of carbonyl (C=O) groups is 1. The van der Waals surface area contributed by atoms with Crippen LogP contribution in [0.1, 0.15) is 11.1 Å². The molecule has 0 fully saturated rings. The average molecular weight is 419 g/mol. The van der Waals surface area contributed by atoms with Crippen LogP contribution in [-0.4, -0.2) is 24.0 Å². The fourth-order valence-corrected chi connectivity index (χ4v) is 2.64. The summed E-state index contributed by atoms with van der Waals surface area (Å²) in [6, 6.07) is 7.88. The Morgan fingerprint density at radius 2 is 1.87 bits per heavy atom. The normalized spacial score (nSPS) is 13.3. The van der Waals surface area contributed by atoms with E-state index >= 15 is 0 Å². The highest BCUT2D eigenvalue weighted by atomic mass is 19.4. The Bertz CT molecular complexity index is 1090. The van der Waals surface area contributed by atoms with Gasteiger partial charge in [-0.15, -0.1) is 0 Å². The molecule has 1 N–H and O–H groups in total. The van der Waals surface area contributed by atoms with Crippen molar-refractivity contribution in [3.63, 3.8) is 0 Å². The first kappa shape index (κ1) is 20.7.